The summed E-state index contributed by atoms with van der Waals surface area (Å²) in [6, 6.07) is 0. The largest absolute Gasteiger partial charge is 0.457 e. The number of alkyl halides is 12. The molecule has 18 heteroatoms. The molecule has 1 aliphatic rings. The quantitative estimate of drug-likeness (QED) is 0.345. The molecule has 0 spiro atoms. The van der Waals surface area contributed by atoms with Crippen LogP contribution in [0, 0.1) is 0 Å². The summed E-state index contributed by atoms with van der Waals surface area (Å²) in [5.74, 6) is -22.0. The molecule has 1 fully saturated rings. The minimum Gasteiger partial charge on any atom is -0.192 e. The first-order chi connectivity index (χ1) is 10.2. The van der Waals surface area contributed by atoms with Crippen molar-refractivity contribution in [3.8, 4) is 0 Å². The van der Waals surface area contributed by atoms with Gasteiger partial charge in [-0.25, -0.2) is 0 Å². The SMILES string of the molecule is FN1C(F)(C(F)(F)F)N(F)C(F)(C(F)(F)F)N(F)C1(F)C(F)(F)F. The average molecular weight is 399 g/mol. The highest BCUT2D eigenvalue weighted by atomic mass is 19.4. The molecular formula is C6F15N3. The Morgan fingerprint density at radius 3 is 0.625 bits per heavy atom. The molecule has 0 atom stereocenters. The third-order valence-electron chi connectivity index (χ3n) is 2.64. The molecule has 1 rings (SSSR count). The van der Waals surface area contributed by atoms with Crippen LogP contribution < -0.4 is 0 Å². The van der Waals surface area contributed by atoms with Crippen LogP contribution in [-0.2, 0) is 0 Å². The normalized spacial score (nSPS) is 38.6. The predicted octanol–water partition coefficient (Wildman–Crippen LogP) is 4.12. The van der Waals surface area contributed by atoms with Crippen molar-refractivity contribution in [2.24, 2.45) is 0 Å². The Kier molecular flexibility index (Phi) is 4.29. The molecule has 0 aromatic carbocycles. The van der Waals surface area contributed by atoms with Crippen molar-refractivity contribution in [3.63, 3.8) is 0 Å². The van der Waals surface area contributed by atoms with Gasteiger partial charge in [0.2, 0.25) is 0 Å². The van der Waals surface area contributed by atoms with Crippen LogP contribution in [0.1, 0.15) is 0 Å². The van der Waals surface area contributed by atoms with Crippen molar-refractivity contribution in [2.75, 3.05) is 0 Å². The van der Waals surface area contributed by atoms with Crippen molar-refractivity contribution in [3.05, 3.63) is 0 Å². The monoisotopic (exact) mass is 399 g/mol. The lowest BCUT2D eigenvalue weighted by atomic mass is 10.2. The predicted molar refractivity (Wildman–Crippen MR) is 38.5 cm³/mol. The van der Waals surface area contributed by atoms with Crippen LogP contribution in [-0.4, -0.2) is 51.6 Å². The summed E-state index contributed by atoms with van der Waals surface area (Å²) in [6.07, 6.45) is -22.4. The van der Waals surface area contributed by atoms with Gasteiger partial charge in [0.1, 0.15) is 0 Å². The van der Waals surface area contributed by atoms with Gasteiger partial charge in [-0.05, 0) is 15.4 Å². The second kappa shape index (κ2) is 4.93. The fraction of sp³-hybridized carbons (Fsp3) is 1.00. The van der Waals surface area contributed by atoms with E-state index in [1.54, 1.807) is 0 Å². The van der Waals surface area contributed by atoms with Crippen molar-refractivity contribution < 1.29 is 66.1 Å². The smallest absolute Gasteiger partial charge is 0.192 e. The van der Waals surface area contributed by atoms with Crippen molar-refractivity contribution in [1.82, 2.24) is 15.4 Å². The van der Waals surface area contributed by atoms with Crippen LogP contribution in [0.25, 0.3) is 0 Å². The van der Waals surface area contributed by atoms with Gasteiger partial charge in [0.05, 0.1) is 0 Å². The van der Waals surface area contributed by atoms with Gasteiger partial charge in [0.25, 0.3) is 0 Å². The van der Waals surface area contributed by atoms with E-state index in [0.29, 0.717) is 0 Å². The minimum absolute atomic E-state index is 3.95. The second-order valence-electron chi connectivity index (χ2n) is 4.10. The lowest BCUT2D eigenvalue weighted by Gasteiger charge is -2.53. The van der Waals surface area contributed by atoms with E-state index in [4.69, 9.17) is 0 Å². The van der Waals surface area contributed by atoms with E-state index in [1.165, 1.54) is 0 Å². The Morgan fingerprint density at radius 1 is 0.417 bits per heavy atom. The lowest BCUT2D eigenvalue weighted by molar-refractivity contribution is -0.611. The molecule has 3 nitrogen and oxygen atoms in total. The number of nitrogens with zero attached hydrogens (tertiary/aromatic N) is 3. The van der Waals surface area contributed by atoms with E-state index in [9.17, 15) is 66.1 Å². The van der Waals surface area contributed by atoms with Gasteiger partial charge >= 0.3 is 36.3 Å². The Hall–Kier alpha value is -1.17. The summed E-state index contributed by atoms with van der Waals surface area (Å²) < 4.78 is 190. The fourth-order valence-electron chi connectivity index (χ4n) is 1.49. The number of rotatable bonds is 0. The van der Waals surface area contributed by atoms with Gasteiger partial charge in [-0.3, -0.25) is 0 Å². The molecule has 0 aromatic rings. The molecule has 0 radical (unpaired) electrons. The van der Waals surface area contributed by atoms with Crippen molar-refractivity contribution >= 4 is 0 Å². The highest BCUT2D eigenvalue weighted by Crippen LogP contribution is 2.61. The van der Waals surface area contributed by atoms with Gasteiger partial charge in [0, 0.05) is 0 Å². The fourth-order valence-corrected chi connectivity index (χ4v) is 1.49. The summed E-state index contributed by atoms with van der Waals surface area (Å²) in [6.45, 7) is 0. The molecule has 0 bridgehead atoms. The molecule has 1 aliphatic heterocycles. The van der Waals surface area contributed by atoms with Gasteiger partial charge in [-0.15, -0.1) is 13.4 Å². The van der Waals surface area contributed by atoms with Crippen LogP contribution in [0.5, 0.6) is 0 Å². The average Bonchev–Trinajstić information content (AvgIpc) is 2.36. The molecule has 144 valence electrons. The molecule has 24 heavy (non-hydrogen) atoms. The zero-order chi connectivity index (χ0) is 19.7. The summed E-state index contributed by atoms with van der Waals surface area (Å²) in [5.41, 5.74) is 0. The minimum atomic E-state index is -7.46. The zero-order valence-electron chi connectivity index (χ0n) is 10.0. The zero-order valence-corrected chi connectivity index (χ0v) is 10.0. The van der Waals surface area contributed by atoms with Crippen LogP contribution in [0.3, 0.4) is 0 Å². The first-order valence-electron chi connectivity index (χ1n) is 4.87. The van der Waals surface area contributed by atoms with Gasteiger partial charge in [0.15, 0.2) is 0 Å². The Bertz CT molecular complexity index is 408. The summed E-state index contributed by atoms with van der Waals surface area (Å²) in [7, 11) is 0. The van der Waals surface area contributed by atoms with E-state index in [0.717, 1.165) is 0 Å². The molecule has 0 saturated carbocycles. The number of halogens is 15. The molecule has 1 saturated heterocycles. The van der Waals surface area contributed by atoms with E-state index >= 15 is 0 Å². The highest BCUT2D eigenvalue weighted by Gasteiger charge is 2.92. The Labute approximate surface area is 119 Å². The lowest BCUT2D eigenvalue weighted by Crippen LogP contribution is -2.86. The molecule has 0 aliphatic carbocycles. The highest BCUT2D eigenvalue weighted by molar-refractivity contribution is 5.03. The second-order valence-corrected chi connectivity index (χ2v) is 4.10. The Balaban J connectivity index is 3.89. The molecule has 0 unspecified atom stereocenters. The van der Waals surface area contributed by atoms with E-state index in [-0.39, 0.29) is 0 Å². The maximum Gasteiger partial charge on any atom is 0.457 e. The van der Waals surface area contributed by atoms with Crippen LogP contribution >= 0.6 is 0 Å². The number of hydrogen-bond acceptors (Lipinski definition) is 3. The van der Waals surface area contributed by atoms with Crippen molar-refractivity contribution in [2.45, 2.75) is 36.3 Å². The Morgan fingerprint density at radius 2 is 0.542 bits per heavy atom. The van der Waals surface area contributed by atoms with Gasteiger partial charge in [-0.1, -0.05) is 0 Å². The number of hydrogen-bond donors (Lipinski definition) is 0. The molecular weight excluding hydrogens is 399 g/mol. The van der Waals surface area contributed by atoms with E-state index < -0.39 is 51.6 Å². The first-order valence-corrected chi connectivity index (χ1v) is 4.87. The van der Waals surface area contributed by atoms with Crippen LogP contribution in [0.4, 0.5) is 66.1 Å². The van der Waals surface area contributed by atoms with Gasteiger partial charge in [-0.2, -0.15) is 52.7 Å². The first kappa shape index (κ1) is 20.9. The molecule has 0 N–H and O–H groups in total. The van der Waals surface area contributed by atoms with Crippen LogP contribution in [0.15, 0.2) is 0 Å². The van der Waals surface area contributed by atoms with Crippen molar-refractivity contribution in [1.29, 1.82) is 0 Å². The van der Waals surface area contributed by atoms with Gasteiger partial charge < -0.3 is 0 Å². The maximum absolute atomic E-state index is 13.4. The summed E-state index contributed by atoms with van der Waals surface area (Å²) in [4.78, 5) is 0. The summed E-state index contributed by atoms with van der Waals surface area (Å²) in [5, 5.41) is -11.9. The topological polar surface area (TPSA) is 9.72 Å². The third kappa shape index (κ3) is 2.14. The van der Waals surface area contributed by atoms with E-state index in [2.05, 4.69) is 0 Å². The third-order valence-corrected chi connectivity index (χ3v) is 2.64. The standard InChI is InChI=1S/C6F15N3/c7-1(8,9)4(16)22(19)5(17,2(10,11)12)24(21)6(18,23(4)20)3(13,14)15. The maximum atomic E-state index is 13.4. The van der Waals surface area contributed by atoms with Crippen LogP contribution in [0.2, 0.25) is 0 Å². The summed E-state index contributed by atoms with van der Waals surface area (Å²) >= 11 is 0. The molecule has 0 aromatic heterocycles. The van der Waals surface area contributed by atoms with E-state index in [1.807, 2.05) is 0 Å². The molecule has 0 amide bonds. The molecule has 1 heterocycles.